The number of rotatable bonds is 5. The van der Waals surface area contributed by atoms with E-state index in [1.165, 1.54) is 20.5 Å². The Balaban J connectivity index is 1.75. The Bertz CT molecular complexity index is 1010. The molecule has 27 heavy (non-hydrogen) atoms. The Labute approximate surface area is 154 Å². The molecular weight excluding hydrogens is 353 g/mol. The smallest absolute Gasteiger partial charge is 0.231 e. The van der Waals surface area contributed by atoms with Crippen molar-refractivity contribution in [3.05, 3.63) is 24.7 Å². The number of aromatic nitrogens is 4. The molecular formula is C18H18FN5O3. The lowest BCUT2D eigenvalue weighted by atomic mass is 10.2. The quantitative estimate of drug-likeness (QED) is 0.740. The number of hydrogen-bond donors (Lipinski definition) is 1. The van der Waals surface area contributed by atoms with Gasteiger partial charge in [0.1, 0.15) is 23.9 Å². The maximum absolute atomic E-state index is 13.0. The minimum absolute atomic E-state index is 0.275. The average molecular weight is 371 g/mol. The van der Waals surface area contributed by atoms with E-state index in [4.69, 9.17) is 9.47 Å². The molecule has 3 heterocycles. The molecule has 9 heteroatoms. The van der Waals surface area contributed by atoms with Crippen molar-refractivity contribution in [1.29, 1.82) is 0 Å². The fourth-order valence-electron chi connectivity index (χ4n) is 3.08. The summed E-state index contributed by atoms with van der Waals surface area (Å²) in [6, 6.07) is 3.65. The summed E-state index contributed by atoms with van der Waals surface area (Å²) in [7, 11) is 4.93. The van der Waals surface area contributed by atoms with Crippen LogP contribution in [0, 0.1) is 5.92 Å². The van der Waals surface area contributed by atoms with Gasteiger partial charge in [-0.15, -0.1) is 0 Å². The van der Waals surface area contributed by atoms with Gasteiger partial charge in [-0.05, 0) is 18.6 Å². The highest BCUT2D eigenvalue weighted by Crippen LogP contribution is 2.38. The molecule has 0 spiro atoms. The molecule has 0 unspecified atom stereocenters. The normalized spacial score (nSPS) is 18.4. The largest absolute Gasteiger partial charge is 0.480 e. The highest BCUT2D eigenvalue weighted by atomic mass is 19.1. The van der Waals surface area contributed by atoms with Gasteiger partial charge in [-0.2, -0.15) is 0 Å². The van der Waals surface area contributed by atoms with Crippen LogP contribution in [-0.4, -0.2) is 45.8 Å². The molecule has 8 nitrogen and oxygen atoms in total. The van der Waals surface area contributed by atoms with E-state index >= 15 is 0 Å². The van der Waals surface area contributed by atoms with Crippen molar-refractivity contribution in [3.63, 3.8) is 0 Å². The molecule has 0 radical (unpaired) electrons. The second-order valence-corrected chi connectivity index (χ2v) is 6.33. The van der Waals surface area contributed by atoms with Crippen molar-refractivity contribution in [1.82, 2.24) is 19.5 Å². The van der Waals surface area contributed by atoms with E-state index in [2.05, 4.69) is 20.3 Å². The summed E-state index contributed by atoms with van der Waals surface area (Å²) in [4.78, 5) is 24.5. The van der Waals surface area contributed by atoms with Crippen LogP contribution in [-0.2, 0) is 11.8 Å². The van der Waals surface area contributed by atoms with Crippen LogP contribution in [0.2, 0.25) is 0 Å². The van der Waals surface area contributed by atoms with Crippen molar-refractivity contribution in [2.24, 2.45) is 13.0 Å². The van der Waals surface area contributed by atoms with Crippen LogP contribution in [0.25, 0.3) is 22.2 Å². The molecule has 0 aromatic carbocycles. The molecule has 3 aromatic heterocycles. The Morgan fingerprint density at radius 3 is 2.48 bits per heavy atom. The third-order valence-electron chi connectivity index (χ3n) is 4.65. The number of fused-ring (bicyclic) bond motifs is 1. The summed E-state index contributed by atoms with van der Waals surface area (Å²) >= 11 is 0. The van der Waals surface area contributed by atoms with Gasteiger partial charge in [0, 0.05) is 12.4 Å². The van der Waals surface area contributed by atoms with E-state index in [0.717, 1.165) is 16.6 Å². The van der Waals surface area contributed by atoms with E-state index in [9.17, 15) is 9.18 Å². The SMILES string of the molecule is COc1ncnc(OC)c1-c1cc2cc(NC(=O)[C@@H]3C[C@@H]3F)ncc2n1C. The summed E-state index contributed by atoms with van der Waals surface area (Å²) in [6.45, 7) is 0. The van der Waals surface area contributed by atoms with Crippen molar-refractivity contribution < 1.29 is 18.7 Å². The molecule has 1 aliphatic carbocycles. The summed E-state index contributed by atoms with van der Waals surface area (Å²) in [5, 5.41) is 3.51. The lowest BCUT2D eigenvalue weighted by molar-refractivity contribution is -0.117. The van der Waals surface area contributed by atoms with E-state index in [1.807, 2.05) is 17.7 Å². The number of carbonyl (C=O) groups excluding carboxylic acids is 1. The molecule has 0 saturated heterocycles. The number of methoxy groups -OCH3 is 2. The van der Waals surface area contributed by atoms with Crippen LogP contribution in [0.1, 0.15) is 6.42 Å². The van der Waals surface area contributed by atoms with E-state index in [-0.39, 0.29) is 12.3 Å². The number of ether oxygens (including phenoxy) is 2. The minimum Gasteiger partial charge on any atom is -0.480 e. The molecule has 0 bridgehead atoms. The summed E-state index contributed by atoms with van der Waals surface area (Å²) in [5.41, 5.74) is 2.23. The zero-order valence-corrected chi connectivity index (χ0v) is 15.1. The standard InChI is InChI=1S/C18H18FN5O3/c1-24-12(15-17(26-2)21-8-22-18(15)27-3)4-9-5-14(20-7-13(9)24)23-16(25)10-6-11(10)19/h4-5,7-8,10-11H,6H2,1-3H3,(H,20,23,25)/t10-,11+/m1/s1. The minimum atomic E-state index is -1.05. The predicted octanol–water partition coefficient (Wildman–Crippen LogP) is 2.34. The van der Waals surface area contributed by atoms with Crippen molar-refractivity contribution >= 4 is 22.6 Å². The van der Waals surface area contributed by atoms with Gasteiger partial charge >= 0.3 is 0 Å². The van der Waals surface area contributed by atoms with Crippen LogP contribution >= 0.6 is 0 Å². The fraction of sp³-hybridized carbons (Fsp3) is 0.333. The molecule has 2 atom stereocenters. The number of amides is 1. The highest BCUT2D eigenvalue weighted by Gasteiger charge is 2.43. The first-order chi connectivity index (χ1) is 13.0. The number of carbonyl (C=O) groups is 1. The zero-order chi connectivity index (χ0) is 19.1. The number of halogens is 1. The molecule has 1 saturated carbocycles. The third-order valence-corrected chi connectivity index (χ3v) is 4.65. The number of pyridine rings is 1. The highest BCUT2D eigenvalue weighted by molar-refractivity contribution is 5.96. The van der Waals surface area contributed by atoms with Gasteiger partial charge in [0.15, 0.2) is 0 Å². The third kappa shape index (κ3) is 2.94. The lowest BCUT2D eigenvalue weighted by Gasteiger charge is -2.11. The first-order valence-electron chi connectivity index (χ1n) is 8.37. The molecule has 4 rings (SSSR count). The van der Waals surface area contributed by atoms with Crippen LogP contribution < -0.4 is 14.8 Å². The van der Waals surface area contributed by atoms with Crippen LogP contribution in [0.15, 0.2) is 24.7 Å². The van der Waals surface area contributed by atoms with Gasteiger partial charge < -0.3 is 19.4 Å². The van der Waals surface area contributed by atoms with Gasteiger partial charge in [0.05, 0.1) is 37.5 Å². The molecule has 1 amide bonds. The Kier molecular flexibility index (Phi) is 4.14. The van der Waals surface area contributed by atoms with Crippen molar-refractivity contribution in [2.45, 2.75) is 12.6 Å². The van der Waals surface area contributed by atoms with E-state index in [1.54, 1.807) is 12.3 Å². The number of aryl methyl sites for hydroxylation is 1. The Hall–Kier alpha value is -3.23. The summed E-state index contributed by atoms with van der Waals surface area (Å²) in [5.74, 6) is 0.245. The van der Waals surface area contributed by atoms with E-state index < -0.39 is 12.1 Å². The summed E-state index contributed by atoms with van der Waals surface area (Å²) in [6.07, 6.45) is 2.25. The van der Waals surface area contributed by atoms with Crippen LogP contribution in [0.5, 0.6) is 11.8 Å². The number of hydrogen-bond acceptors (Lipinski definition) is 6. The topological polar surface area (TPSA) is 91.2 Å². The maximum atomic E-state index is 13.0. The second kappa shape index (κ2) is 6.49. The zero-order valence-electron chi connectivity index (χ0n) is 15.1. The van der Waals surface area contributed by atoms with E-state index in [0.29, 0.717) is 23.1 Å². The molecule has 140 valence electrons. The number of nitrogens with one attached hydrogen (secondary N) is 1. The Morgan fingerprint density at radius 1 is 1.22 bits per heavy atom. The molecule has 1 fully saturated rings. The van der Waals surface area contributed by atoms with Crippen molar-refractivity contribution in [2.75, 3.05) is 19.5 Å². The fourth-order valence-corrected chi connectivity index (χ4v) is 3.08. The van der Waals surface area contributed by atoms with Gasteiger partial charge in [-0.25, -0.2) is 19.3 Å². The monoisotopic (exact) mass is 371 g/mol. The Morgan fingerprint density at radius 2 is 1.89 bits per heavy atom. The van der Waals surface area contributed by atoms with Gasteiger partial charge in [0.2, 0.25) is 17.7 Å². The number of anilines is 1. The lowest BCUT2D eigenvalue weighted by Crippen LogP contribution is -2.15. The molecule has 1 N–H and O–H groups in total. The second-order valence-electron chi connectivity index (χ2n) is 6.33. The number of nitrogens with zero attached hydrogens (tertiary/aromatic N) is 4. The molecule has 0 aliphatic heterocycles. The maximum Gasteiger partial charge on any atom is 0.231 e. The molecule has 1 aliphatic rings. The average Bonchev–Trinajstić information content (AvgIpc) is 3.33. The van der Waals surface area contributed by atoms with Crippen LogP contribution in [0.4, 0.5) is 10.2 Å². The van der Waals surface area contributed by atoms with Gasteiger partial charge in [0.25, 0.3) is 0 Å². The van der Waals surface area contributed by atoms with Gasteiger partial charge in [-0.3, -0.25) is 4.79 Å². The molecule has 3 aromatic rings. The first-order valence-corrected chi connectivity index (χ1v) is 8.37. The van der Waals surface area contributed by atoms with Crippen molar-refractivity contribution in [3.8, 4) is 23.0 Å². The summed E-state index contributed by atoms with van der Waals surface area (Å²) < 4.78 is 25.7. The first kappa shape index (κ1) is 17.2. The van der Waals surface area contributed by atoms with Crippen LogP contribution in [0.3, 0.4) is 0 Å². The van der Waals surface area contributed by atoms with Gasteiger partial charge in [-0.1, -0.05) is 0 Å². The predicted molar refractivity (Wildman–Crippen MR) is 96.5 cm³/mol. The number of alkyl halides is 1.